The van der Waals surface area contributed by atoms with E-state index in [2.05, 4.69) is 38.4 Å². The third-order valence-corrected chi connectivity index (χ3v) is 3.85. The maximum Gasteiger partial charge on any atom is 0.226 e. The highest BCUT2D eigenvalue weighted by molar-refractivity contribution is 7.18. The molecule has 3 rings (SSSR count). The molecule has 0 radical (unpaired) electrons. The highest BCUT2D eigenvalue weighted by Crippen LogP contribution is 2.28. The molecule has 0 bridgehead atoms. The largest absolute Gasteiger partial charge is 0.354 e. The Labute approximate surface area is 120 Å². The number of anilines is 1. The second-order valence-electron chi connectivity index (χ2n) is 4.60. The van der Waals surface area contributed by atoms with E-state index in [1.54, 1.807) is 16.0 Å². The summed E-state index contributed by atoms with van der Waals surface area (Å²) in [4.78, 5) is 15.7. The Kier molecular flexibility index (Phi) is 3.13. The average molecular weight is 288 g/mol. The Morgan fingerprint density at radius 2 is 2.00 bits per heavy atom. The number of aromatic nitrogens is 5. The quantitative estimate of drug-likeness (QED) is 0.802. The van der Waals surface area contributed by atoms with Gasteiger partial charge in [-0.3, -0.25) is 0 Å². The molecule has 0 aromatic carbocycles. The van der Waals surface area contributed by atoms with E-state index in [0.717, 1.165) is 34.2 Å². The van der Waals surface area contributed by atoms with E-state index in [0.29, 0.717) is 5.95 Å². The SMILES string of the molecule is CCNc1nc(-n2nc(C)nc2C)c2cc(C)sc2n1. The van der Waals surface area contributed by atoms with Crippen LogP contribution in [0.15, 0.2) is 6.07 Å². The van der Waals surface area contributed by atoms with Crippen molar-refractivity contribution in [3.8, 4) is 5.82 Å². The van der Waals surface area contributed by atoms with E-state index in [-0.39, 0.29) is 0 Å². The smallest absolute Gasteiger partial charge is 0.226 e. The topological polar surface area (TPSA) is 68.5 Å². The van der Waals surface area contributed by atoms with Gasteiger partial charge in [0.2, 0.25) is 5.95 Å². The van der Waals surface area contributed by atoms with Crippen LogP contribution in [0.3, 0.4) is 0 Å². The molecule has 0 spiro atoms. The fraction of sp³-hybridized carbons (Fsp3) is 0.385. The standard InChI is InChI=1S/C13H16N6S/c1-5-14-13-16-11(19-9(4)15-8(3)18-19)10-6-7(2)20-12(10)17-13/h6H,5H2,1-4H3,(H,14,16,17). The minimum atomic E-state index is 0.629. The van der Waals surface area contributed by atoms with Gasteiger partial charge in [-0.15, -0.1) is 16.4 Å². The van der Waals surface area contributed by atoms with Crippen LogP contribution in [0.25, 0.3) is 16.0 Å². The van der Waals surface area contributed by atoms with E-state index < -0.39 is 0 Å². The molecule has 0 fully saturated rings. The van der Waals surface area contributed by atoms with Gasteiger partial charge in [-0.25, -0.2) is 9.97 Å². The van der Waals surface area contributed by atoms with Crippen molar-refractivity contribution in [1.82, 2.24) is 24.7 Å². The number of nitrogens with zero attached hydrogens (tertiary/aromatic N) is 5. The van der Waals surface area contributed by atoms with Crippen LogP contribution in [0, 0.1) is 20.8 Å². The molecule has 0 aliphatic heterocycles. The molecular formula is C13H16N6S. The van der Waals surface area contributed by atoms with Gasteiger partial charge in [0.05, 0.1) is 5.39 Å². The number of thiophene rings is 1. The third kappa shape index (κ3) is 2.14. The molecular weight excluding hydrogens is 272 g/mol. The van der Waals surface area contributed by atoms with E-state index >= 15 is 0 Å². The van der Waals surface area contributed by atoms with Gasteiger partial charge in [-0.05, 0) is 33.8 Å². The number of hydrogen-bond donors (Lipinski definition) is 1. The summed E-state index contributed by atoms with van der Waals surface area (Å²) < 4.78 is 1.78. The summed E-state index contributed by atoms with van der Waals surface area (Å²) in [5, 5.41) is 8.62. The van der Waals surface area contributed by atoms with Crippen molar-refractivity contribution in [2.75, 3.05) is 11.9 Å². The minimum Gasteiger partial charge on any atom is -0.354 e. The van der Waals surface area contributed by atoms with E-state index in [4.69, 9.17) is 0 Å². The second-order valence-corrected chi connectivity index (χ2v) is 5.83. The molecule has 3 heterocycles. The fourth-order valence-corrected chi connectivity index (χ4v) is 3.02. The molecule has 1 N–H and O–H groups in total. The first-order chi connectivity index (χ1) is 9.58. The Bertz CT molecular complexity index is 773. The monoisotopic (exact) mass is 288 g/mol. The summed E-state index contributed by atoms with van der Waals surface area (Å²) in [7, 11) is 0. The zero-order valence-corrected chi connectivity index (χ0v) is 12.7. The minimum absolute atomic E-state index is 0.629. The van der Waals surface area contributed by atoms with E-state index in [1.165, 1.54) is 4.88 Å². The molecule has 7 heteroatoms. The van der Waals surface area contributed by atoms with Gasteiger partial charge in [-0.1, -0.05) is 0 Å². The molecule has 3 aromatic heterocycles. The van der Waals surface area contributed by atoms with Crippen LogP contribution in [-0.4, -0.2) is 31.3 Å². The number of aryl methyl sites for hydroxylation is 3. The first kappa shape index (κ1) is 13.0. The Morgan fingerprint density at radius 1 is 1.20 bits per heavy atom. The summed E-state index contributed by atoms with van der Waals surface area (Å²) >= 11 is 1.66. The molecule has 6 nitrogen and oxygen atoms in total. The summed E-state index contributed by atoms with van der Waals surface area (Å²) in [6, 6.07) is 2.10. The van der Waals surface area contributed by atoms with E-state index in [1.807, 2.05) is 20.8 Å². The van der Waals surface area contributed by atoms with Crippen LogP contribution in [0.4, 0.5) is 5.95 Å². The lowest BCUT2D eigenvalue weighted by atomic mass is 10.3. The molecule has 0 unspecified atom stereocenters. The van der Waals surface area contributed by atoms with Gasteiger partial charge < -0.3 is 5.32 Å². The van der Waals surface area contributed by atoms with Crippen LogP contribution in [0.2, 0.25) is 0 Å². The molecule has 104 valence electrons. The van der Waals surface area contributed by atoms with Gasteiger partial charge in [0.1, 0.15) is 16.5 Å². The van der Waals surface area contributed by atoms with Gasteiger partial charge in [0.25, 0.3) is 0 Å². The number of hydrogen-bond acceptors (Lipinski definition) is 6. The van der Waals surface area contributed by atoms with Gasteiger partial charge >= 0.3 is 0 Å². The highest BCUT2D eigenvalue weighted by atomic mass is 32.1. The summed E-state index contributed by atoms with van der Waals surface area (Å²) in [5.74, 6) is 2.98. The average Bonchev–Trinajstić information content (AvgIpc) is 2.90. The number of fused-ring (bicyclic) bond motifs is 1. The lowest BCUT2D eigenvalue weighted by molar-refractivity contribution is 0.808. The Hall–Kier alpha value is -2.02. The maximum atomic E-state index is 4.59. The van der Waals surface area contributed by atoms with Crippen molar-refractivity contribution >= 4 is 27.5 Å². The Morgan fingerprint density at radius 3 is 2.65 bits per heavy atom. The molecule has 3 aromatic rings. The van der Waals surface area contributed by atoms with Crippen LogP contribution in [0.5, 0.6) is 0 Å². The van der Waals surface area contributed by atoms with Crippen LogP contribution in [0.1, 0.15) is 23.4 Å². The fourth-order valence-electron chi connectivity index (χ4n) is 2.15. The van der Waals surface area contributed by atoms with Crippen LogP contribution < -0.4 is 5.32 Å². The van der Waals surface area contributed by atoms with Gasteiger partial charge in [0, 0.05) is 11.4 Å². The lowest BCUT2D eigenvalue weighted by Gasteiger charge is -2.07. The number of nitrogens with one attached hydrogen (secondary N) is 1. The molecule has 20 heavy (non-hydrogen) atoms. The normalized spacial score (nSPS) is 11.2. The zero-order valence-electron chi connectivity index (χ0n) is 11.9. The molecule has 0 amide bonds. The third-order valence-electron chi connectivity index (χ3n) is 2.91. The predicted molar refractivity (Wildman–Crippen MR) is 80.7 cm³/mol. The van der Waals surface area contributed by atoms with Crippen molar-refractivity contribution in [2.45, 2.75) is 27.7 Å². The molecule has 0 saturated heterocycles. The lowest BCUT2D eigenvalue weighted by Crippen LogP contribution is -2.08. The van der Waals surface area contributed by atoms with Gasteiger partial charge in [0.15, 0.2) is 5.82 Å². The highest BCUT2D eigenvalue weighted by Gasteiger charge is 2.15. The van der Waals surface area contributed by atoms with Gasteiger partial charge in [-0.2, -0.15) is 9.67 Å². The first-order valence-corrected chi connectivity index (χ1v) is 7.33. The summed E-state index contributed by atoms with van der Waals surface area (Å²) in [6.45, 7) is 8.69. The number of rotatable bonds is 3. The molecule has 0 aliphatic carbocycles. The zero-order chi connectivity index (χ0) is 14.3. The second kappa shape index (κ2) is 4.82. The summed E-state index contributed by atoms with van der Waals surface area (Å²) in [6.07, 6.45) is 0. The maximum absolute atomic E-state index is 4.59. The molecule has 0 saturated carbocycles. The molecule has 0 aliphatic rings. The van der Waals surface area contributed by atoms with Crippen molar-refractivity contribution in [1.29, 1.82) is 0 Å². The van der Waals surface area contributed by atoms with Crippen molar-refractivity contribution in [3.63, 3.8) is 0 Å². The first-order valence-electron chi connectivity index (χ1n) is 6.51. The summed E-state index contributed by atoms with van der Waals surface area (Å²) in [5.41, 5.74) is 0. The molecule has 0 atom stereocenters. The Balaban J connectivity index is 2.29. The van der Waals surface area contributed by atoms with Crippen LogP contribution >= 0.6 is 11.3 Å². The predicted octanol–water partition coefficient (Wildman–Crippen LogP) is 2.63. The van der Waals surface area contributed by atoms with Crippen molar-refractivity contribution in [2.24, 2.45) is 0 Å². The van der Waals surface area contributed by atoms with Crippen molar-refractivity contribution in [3.05, 3.63) is 22.6 Å². The van der Waals surface area contributed by atoms with Crippen LogP contribution in [-0.2, 0) is 0 Å². The van der Waals surface area contributed by atoms with E-state index in [9.17, 15) is 0 Å². The van der Waals surface area contributed by atoms with Crippen molar-refractivity contribution < 1.29 is 0 Å².